The second-order valence-electron chi connectivity index (χ2n) is 14.0. The molecule has 1 aliphatic rings. The SMILES string of the molecule is CC[C@H](NC(=O)[C@@H]1CSC(C)(C)N1C(=O)OC(C)(C)C)[C@H](C[C@@H](Cc1ccccc1)C(=O)O)O[Si](C)(C)C(C)(C)C. The number of carboxylic acid groups (broad SMARTS) is 1. The van der Waals surface area contributed by atoms with Crippen molar-refractivity contribution in [1.82, 2.24) is 10.2 Å². The number of amides is 2. The molecule has 10 heteroatoms. The van der Waals surface area contributed by atoms with Gasteiger partial charge in [0.2, 0.25) is 5.91 Å². The van der Waals surface area contributed by atoms with E-state index in [0.29, 0.717) is 18.6 Å². The maximum Gasteiger partial charge on any atom is 0.412 e. The molecule has 1 aromatic carbocycles. The number of nitrogens with zero attached hydrogens (tertiary/aromatic N) is 1. The number of ether oxygens (including phenoxy) is 1. The molecule has 2 N–H and O–H groups in total. The molecule has 0 saturated carbocycles. The number of carbonyl (C=O) groups is 3. The van der Waals surface area contributed by atoms with Crippen LogP contribution in [-0.2, 0) is 25.2 Å². The Bertz CT molecular complexity index is 1050. The zero-order chi connectivity index (χ0) is 31.4. The van der Waals surface area contributed by atoms with Crippen LogP contribution in [0.2, 0.25) is 18.1 Å². The first-order chi connectivity index (χ1) is 18.7. The molecule has 41 heavy (non-hydrogen) atoms. The van der Waals surface area contributed by atoms with E-state index in [4.69, 9.17) is 9.16 Å². The van der Waals surface area contributed by atoms with Crippen molar-refractivity contribution in [3.8, 4) is 0 Å². The van der Waals surface area contributed by atoms with Crippen LogP contribution in [0.15, 0.2) is 30.3 Å². The van der Waals surface area contributed by atoms with Crippen molar-refractivity contribution >= 4 is 38.0 Å². The van der Waals surface area contributed by atoms with Crippen LogP contribution >= 0.6 is 11.8 Å². The van der Waals surface area contributed by atoms with E-state index in [9.17, 15) is 19.5 Å². The van der Waals surface area contributed by atoms with E-state index < -0.39 is 55.0 Å². The average Bonchev–Trinajstić information content (AvgIpc) is 3.15. The Morgan fingerprint density at radius 3 is 2.20 bits per heavy atom. The first-order valence-corrected chi connectivity index (χ1v) is 18.5. The Hall–Kier alpha value is -2.04. The van der Waals surface area contributed by atoms with Gasteiger partial charge in [0, 0.05) is 5.75 Å². The standard InChI is InChI=1S/C31H52N2O6SSi/c1-12-23(32-26(34)24-20-40-31(8,9)33(24)28(37)38-29(2,3)4)25(39-41(10,11)30(5,6)7)19-22(27(35)36)18-21-16-14-13-15-17-21/h13-17,22-25H,12,18-20H2,1-11H3,(H,32,34)(H,35,36)/t22-,23+,24+,25+/m1/s1. The number of hydrogen-bond donors (Lipinski definition) is 2. The fourth-order valence-electron chi connectivity index (χ4n) is 4.69. The van der Waals surface area contributed by atoms with E-state index in [2.05, 4.69) is 39.2 Å². The summed E-state index contributed by atoms with van der Waals surface area (Å²) in [4.78, 5) is 40.4. The molecule has 1 heterocycles. The molecule has 1 aliphatic heterocycles. The summed E-state index contributed by atoms with van der Waals surface area (Å²) in [5.74, 6) is -1.41. The lowest BCUT2D eigenvalue weighted by Crippen LogP contribution is -2.58. The van der Waals surface area contributed by atoms with Gasteiger partial charge in [-0.15, -0.1) is 11.8 Å². The topological polar surface area (TPSA) is 105 Å². The molecular weight excluding hydrogens is 557 g/mol. The number of nitrogens with one attached hydrogen (secondary N) is 1. The summed E-state index contributed by atoms with van der Waals surface area (Å²) in [6.07, 6.45) is 0.155. The Kier molecular flexibility index (Phi) is 11.6. The van der Waals surface area contributed by atoms with Crippen molar-refractivity contribution < 1.29 is 28.7 Å². The molecule has 0 spiro atoms. The van der Waals surface area contributed by atoms with Crippen molar-refractivity contribution in [2.75, 3.05) is 5.75 Å². The van der Waals surface area contributed by atoms with Gasteiger partial charge in [0.05, 0.1) is 22.9 Å². The van der Waals surface area contributed by atoms with Crippen molar-refractivity contribution in [3.63, 3.8) is 0 Å². The number of benzene rings is 1. The summed E-state index contributed by atoms with van der Waals surface area (Å²) in [5.41, 5.74) is 0.251. The normalized spacial score (nSPS) is 19.8. The van der Waals surface area contributed by atoms with Crippen LogP contribution in [0.3, 0.4) is 0 Å². The summed E-state index contributed by atoms with van der Waals surface area (Å²) in [5, 5.41) is 13.3. The number of thioether (sulfide) groups is 1. The average molecular weight is 609 g/mol. The van der Waals surface area contributed by atoms with Crippen molar-refractivity contribution in [2.24, 2.45) is 5.92 Å². The smallest absolute Gasteiger partial charge is 0.412 e. The molecule has 1 saturated heterocycles. The van der Waals surface area contributed by atoms with Gasteiger partial charge in [-0.25, -0.2) is 4.79 Å². The van der Waals surface area contributed by atoms with Gasteiger partial charge >= 0.3 is 12.1 Å². The molecule has 4 atom stereocenters. The van der Waals surface area contributed by atoms with Gasteiger partial charge in [-0.3, -0.25) is 14.5 Å². The predicted molar refractivity (Wildman–Crippen MR) is 169 cm³/mol. The molecule has 0 bridgehead atoms. The van der Waals surface area contributed by atoms with Gasteiger partial charge in [-0.1, -0.05) is 58.0 Å². The monoisotopic (exact) mass is 608 g/mol. The zero-order valence-corrected chi connectivity index (χ0v) is 28.7. The number of carboxylic acids is 1. The van der Waals surface area contributed by atoms with Gasteiger partial charge < -0.3 is 19.6 Å². The minimum Gasteiger partial charge on any atom is -0.481 e. The first kappa shape index (κ1) is 35.2. The van der Waals surface area contributed by atoms with E-state index in [1.54, 1.807) is 20.8 Å². The summed E-state index contributed by atoms with van der Waals surface area (Å²) < 4.78 is 12.5. The Morgan fingerprint density at radius 1 is 1.12 bits per heavy atom. The second-order valence-corrected chi connectivity index (χ2v) is 20.4. The van der Waals surface area contributed by atoms with E-state index in [1.807, 2.05) is 51.1 Å². The minimum absolute atomic E-state index is 0.106. The summed E-state index contributed by atoms with van der Waals surface area (Å²) in [6.45, 7) is 21.9. The fraction of sp³-hybridized carbons (Fsp3) is 0.710. The lowest BCUT2D eigenvalue weighted by atomic mass is 9.90. The predicted octanol–water partition coefficient (Wildman–Crippen LogP) is 6.69. The highest BCUT2D eigenvalue weighted by Crippen LogP contribution is 2.41. The number of carbonyl (C=O) groups excluding carboxylic acids is 2. The molecule has 1 aromatic rings. The quantitative estimate of drug-likeness (QED) is 0.270. The third-order valence-corrected chi connectivity index (χ3v) is 13.9. The largest absolute Gasteiger partial charge is 0.481 e. The molecule has 2 amide bonds. The van der Waals surface area contributed by atoms with Crippen LogP contribution in [0, 0.1) is 5.92 Å². The molecule has 0 radical (unpaired) electrons. The summed E-state index contributed by atoms with van der Waals surface area (Å²) in [6, 6.07) is 8.45. The molecule has 2 rings (SSSR count). The highest BCUT2D eigenvalue weighted by atomic mass is 32.2. The van der Waals surface area contributed by atoms with Crippen LogP contribution in [0.5, 0.6) is 0 Å². The lowest BCUT2D eigenvalue weighted by Gasteiger charge is -2.42. The third kappa shape index (κ3) is 9.75. The van der Waals surface area contributed by atoms with E-state index in [-0.39, 0.29) is 17.4 Å². The minimum atomic E-state index is -2.34. The van der Waals surface area contributed by atoms with Gasteiger partial charge in [0.1, 0.15) is 11.6 Å². The maximum absolute atomic E-state index is 13.8. The number of rotatable bonds is 11. The first-order valence-electron chi connectivity index (χ1n) is 14.6. The molecule has 0 unspecified atom stereocenters. The van der Waals surface area contributed by atoms with Crippen LogP contribution in [0.1, 0.15) is 80.7 Å². The van der Waals surface area contributed by atoms with Gasteiger partial charge in [0.15, 0.2) is 8.32 Å². The maximum atomic E-state index is 13.8. The van der Waals surface area contributed by atoms with E-state index in [1.165, 1.54) is 16.7 Å². The van der Waals surface area contributed by atoms with Gasteiger partial charge in [0.25, 0.3) is 0 Å². The summed E-state index contributed by atoms with van der Waals surface area (Å²) in [7, 11) is -2.34. The van der Waals surface area contributed by atoms with Gasteiger partial charge in [-0.2, -0.15) is 0 Å². The highest BCUT2D eigenvalue weighted by Gasteiger charge is 2.49. The lowest BCUT2D eigenvalue weighted by molar-refractivity contribution is -0.142. The van der Waals surface area contributed by atoms with Crippen LogP contribution in [0.25, 0.3) is 0 Å². The van der Waals surface area contributed by atoms with Gasteiger partial charge in [-0.05, 0) is 77.6 Å². The highest BCUT2D eigenvalue weighted by molar-refractivity contribution is 8.00. The second kappa shape index (κ2) is 13.5. The third-order valence-electron chi connectivity index (χ3n) is 8.04. The van der Waals surface area contributed by atoms with Crippen LogP contribution < -0.4 is 5.32 Å². The Morgan fingerprint density at radius 2 is 1.71 bits per heavy atom. The number of hydrogen-bond acceptors (Lipinski definition) is 6. The van der Waals surface area contributed by atoms with E-state index in [0.717, 1.165) is 5.56 Å². The molecule has 232 valence electrons. The van der Waals surface area contributed by atoms with Crippen LogP contribution in [0.4, 0.5) is 4.79 Å². The fourth-order valence-corrected chi connectivity index (χ4v) is 7.27. The molecule has 1 fully saturated rings. The van der Waals surface area contributed by atoms with Crippen molar-refractivity contribution in [2.45, 2.75) is 128 Å². The molecular formula is C31H52N2O6SSi. The Labute approximate surface area is 252 Å². The zero-order valence-electron chi connectivity index (χ0n) is 26.9. The molecule has 8 nitrogen and oxygen atoms in total. The Balaban J connectivity index is 2.37. The van der Waals surface area contributed by atoms with Crippen molar-refractivity contribution in [3.05, 3.63) is 35.9 Å². The molecule has 0 aromatic heterocycles. The van der Waals surface area contributed by atoms with E-state index >= 15 is 0 Å². The molecule has 0 aliphatic carbocycles. The van der Waals surface area contributed by atoms with Crippen molar-refractivity contribution in [1.29, 1.82) is 0 Å². The summed E-state index contributed by atoms with van der Waals surface area (Å²) >= 11 is 1.53. The van der Waals surface area contributed by atoms with Crippen LogP contribution in [-0.4, -0.2) is 70.7 Å². The number of aliphatic carboxylic acids is 1.